The van der Waals surface area contributed by atoms with Crippen LogP contribution in [0.2, 0.25) is 0 Å². The van der Waals surface area contributed by atoms with Crippen LogP contribution in [0.4, 0.5) is 20.6 Å². The Kier molecular flexibility index (Phi) is 9.51. The van der Waals surface area contributed by atoms with Crippen molar-refractivity contribution in [2.45, 2.75) is 32.4 Å². The van der Waals surface area contributed by atoms with Gasteiger partial charge in [0.25, 0.3) is 5.91 Å². The molecule has 0 spiro atoms. The number of anilines is 2. The zero-order chi connectivity index (χ0) is 29.5. The Labute approximate surface area is 238 Å². The normalized spacial score (nSPS) is 17.7. The summed E-state index contributed by atoms with van der Waals surface area (Å²) in [6, 6.07) is 12.9. The minimum atomic E-state index is -0.519. The van der Waals surface area contributed by atoms with E-state index in [1.54, 1.807) is 49.2 Å². The number of carbonyl (C=O) groups is 3. The highest BCUT2D eigenvalue weighted by molar-refractivity contribution is 6.04. The predicted octanol–water partition coefficient (Wildman–Crippen LogP) is 3.79. The second kappa shape index (κ2) is 13.2. The van der Waals surface area contributed by atoms with Gasteiger partial charge in [0.05, 0.1) is 25.6 Å². The van der Waals surface area contributed by atoms with Gasteiger partial charge in [-0.1, -0.05) is 6.92 Å². The molecule has 1 aromatic heterocycles. The fourth-order valence-corrected chi connectivity index (χ4v) is 4.54. The smallest absolute Gasteiger partial charge is 0.321 e. The average molecular weight is 564 g/mol. The van der Waals surface area contributed by atoms with Gasteiger partial charge >= 0.3 is 6.03 Å². The summed E-state index contributed by atoms with van der Waals surface area (Å²) in [6.45, 7) is 3.97. The number of hydrogen-bond donors (Lipinski definition) is 3. The van der Waals surface area contributed by atoms with E-state index in [-0.39, 0.29) is 37.3 Å². The summed E-state index contributed by atoms with van der Waals surface area (Å²) >= 11 is 0. The fraction of sp³-hybridized carbons (Fsp3) is 0.333. The summed E-state index contributed by atoms with van der Waals surface area (Å²) in [5, 5.41) is 15.4. The molecule has 2 heterocycles. The molecule has 3 N–H and O–H groups in total. The maximum absolute atomic E-state index is 13.4. The van der Waals surface area contributed by atoms with Crippen LogP contribution in [-0.2, 0) is 11.2 Å². The summed E-state index contributed by atoms with van der Waals surface area (Å²) in [7, 11) is 1.62. The Morgan fingerprint density at radius 3 is 2.49 bits per heavy atom. The number of aliphatic hydroxyl groups excluding tert-OH is 1. The third kappa shape index (κ3) is 7.57. The molecule has 0 radical (unpaired) electrons. The largest absolute Gasteiger partial charge is 0.488 e. The summed E-state index contributed by atoms with van der Waals surface area (Å²) in [4.78, 5) is 46.0. The summed E-state index contributed by atoms with van der Waals surface area (Å²) < 4.78 is 19.7. The van der Waals surface area contributed by atoms with Crippen LogP contribution in [0.1, 0.15) is 29.8 Å². The molecule has 11 heteroatoms. The lowest BCUT2D eigenvalue weighted by Crippen LogP contribution is -2.48. The first kappa shape index (κ1) is 29.5. The first-order valence-corrected chi connectivity index (χ1v) is 13.3. The first-order valence-electron chi connectivity index (χ1n) is 13.3. The van der Waals surface area contributed by atoms with E-state index in [2.05, 4.69) is 15.6 Å². The zero-order valence-electron chi connectivity index (χ0n) is 23.2. The maximum atomic E-state index is 13.4. The first-order chi connectivity index (χ1) is 19.6. The number of carbonyl (C=O) groups excluding carboxylic acids is 3. The molecule has 41 heavy (non-hydrogen) atoms. The number of nitrogens with one attached hydrogen (secondary N) is 2. The number of nitrogens with zero attached hydrogens (tertiary/aromatic N) is 3. The second-order valence-corrected chi connectivity index (χ2v) is 10.2. The van der Waals surface area contributed by atoms with Gasteiger partial charge in [0.1, 0.15) is 17.7 Å². The molecule has 3 aromatic rings. The zero-order valence-corrected chi connectivity index (χ0v) is 23.2. The van der Waals surface area contributed by atoms with Crippen LogP contribution in [0.25, 0.3) is 0 Å². The van der Waals surface area contributed by atoms with Crippen LogP contribution in [0, 0.1) is 11.7 Å². The van der Waals surface area contributed by atoms with Crippen LogP contribution in [-0.4, -0.2) is 76.6 Å². The van der Waals surface area contributed by atoms with Crippen LogP contribution in [0.3, 0.4) is 0 Å². The number of hydrogen-bond acceptors (Lipinski definition) is 6. The van der Waals surface area contributed by atoms with E-state index in [0.717, 1.165) is 0 Å². The van der Waals surface area contributed by atoms with E-state index in [1.807, 2.05) is 6.92 Å². The summed E-state index contributed by atoms with van der Waals surface area (Å²) in [6.07, 6.45) is 2.54. The van der Waals surface area contributed by atoms with Crippen LogP contribution < -0.4 is 15.4 Å². The average Bonchev–Trinajstić information content (AvgIpc) is 3.01. The molecular formula is C30H34FN5O5. The Morgan fingerprint density at radius 2 is 1.80 bits per heavy atom. The molecule has 4 rings (SSSR count). The van der Waals surface area contributed by atoms with Gasteiger partial charge in [0.2, 0.25) is 5.91 Å². The van der Waals surface area contributed by atoms with Crippen molar-refractivity contribution < 1.29 is 28.6 Å². The highest BCUT2D eigenvalue weighted by Gasteiger charge is 2.32. The molecule has 0 saturated heterocycles. The van der Waals surface area contributed by atoms with Gasteiger partial charge in [-0.25, -0.2) is 9.18 Å². The van der Waals surface area contributed by atoms with Crippen molar-refractivity contribution >= 4 is 29.2 Å². The highest BCUT2D eigenvalue weighted by Crippen LogP contribution is 2.29. The standard InChI is InChI=1S/C30H34FN5O5/c1-19-16-36(20(2)18-37)28(38)15-22-14-25(33-29(39)21-10-12-32-13-11-21)8-9-26(22)41-27(19)17-35(3)30(40)34-24-6-4-23(31)5-7-24/h4-14,19-20,27,37H,15-18H2,1-3H3,(H,33,39)(H,34,40)/t19-,20-,27+/m0/s1. The van der Waals surface area contributed by atoms with Gasteiger partial charge in [0, 0.05) is 54.4 Å². The quantitative estimate of drug-likeness (QED) is 0.402. The number of amides is 4. The van der Waals surface area contributed by atoms with Crippen molar-refractivity contribution in [2.75, 3.05) is 37.4 Å². The molecule has 0 bridgehead atoms. The molecule has 0 aliphatic carbocycles. The summed E-state index contributed by atoms with van der Waals surface area (Å²) in [5.41, 5.74) is 1.94. The number of aromatic nitrogens is 1. The lowest BCUT2D eigenvalue weighted by Gasteiger charge is -2.34. The molecule has 216 valence electrons. The number of likely N-dealkylation sites (N-methyl/N-ethyl adjacent to an activating group) is 1. The predicted molar refractivity (Wildman–Crippen MR) is 152 cm³/mol. The lowest BCUT2D eigenvalue weighted by atomic mass is 10.0. The molecule has 0 unspecified atom stereocenters. The molecule has 10 nitrogen and oxygen atoms in total. The van der Waals surface area contributed by atoms with Crippen molar-refractivity contribution in [3.63, 3.8) is 0 Å². The van der Waals surface area contributed by atoms with E-state index in [9.17, 15) is 23.9 Å². The van der Waals surface area contributed by atoms with E-state index >= 15 is 0 Å². The Bertz CT molecular complexity index is 1370. The van der Waals surface area contributed by atoms with E-state index < -0.39 is 24.0 Å². The van der Waals surface area contributed by atoms with Crippen molar-refractivity contribution in [3.05, 3.63) is 83.9 Å². The second-order valence-electron chi connectivity index (χ2n) is 10.2. The number of pyridine rings is 1. The van der Waals surface area contributed by atoms with Crippen LogP contribution >= 0.6 is 0 Å². The highest BCUT2D eigenvalue weighted by atomic mass is 19.1. The Morgan fingerprint density at radius 1 is 1.12 bits per heavy atom. The summed E-state index contributed by atoms with van der Waals surface area (Å²) in [5.74, 6) is -0.671. The van der Waals surface area contributed by atoms with Gasteiger partial charge in [-0.2, -0.15) is 0 Å². The number of fused-ring (bicyclic) bond motifs is 1. The molecule has 2 aromatic carbocycles. The minimum Gasteiger partial charge on any atom is -0.488 e. The molecular weight excluding hydrogens is 529 g/mol. The Hall–Kier alpha value is -4.51. The third-order valence-corrected chi connectivity index (χ3v) is 7.01. The van der Waals surface area contributed by atoms with E-state index in [1.165, 1.54) is 41.6 Å². The third-order valence-electron chi connectivity index (χ3n) is 7.01. The molecule has 1 aliphatic heterocycles. The molecule has 0 fully saturated rings. The van der Waals surface area contributed by atoms with Gasteiger partial charge in [0.15, 0.2) is 0 Å². The van der Waals surface area contributed by atoms with E-state index in [4.69, 9.17) is 4.74 Å². The topological polar surface area (TPSA) is 124 Å². The van der Waals surface area contributed by atoms with Gasteiger partial charge in [-0.15, -0.1) is 0 Å². The van der Waals surface area contributed by atoms with Crippen molar-refractivity contribution in [1.82, 2.24) is 14.8 Å². The van der Waals surface area contributed by atoms with Gasteiger partial charge in [-0.3, -0.25) is 14.6 Å². The van der Waals surface area contributed by atoms with Crippen LogP contribution in [0.5, 0.6) is 5.75 Å². The molecule has 0 saturated carbocycles. The van der Waals surface area contributed by atoms with Gasteiger partial charge in [-0.05, 0) is 61.5 Å². The number of rotatable bonds is 7. The minimum absolute atomic E-state index is 0.00102. The molecule has 3 atom stereocenters. The van der Waals surface area contributed by atoms with Crippen LogP contribution in [0.15, 0.2) is 67.0 Å². The lowest BCUT2D eigenvalue weighted by molar-refractivity contribution is -0.134. The number of benzene rings is 2. The van der Waals surface area contributed by atoms with Crippen molar-refractivity contribution in [1.29, 1.82) is 0 Å². The van der Waals surface area contributed by atoms with Gasteiger partial charge < -0.3 is 30.3 Å². The van der Waals surface area contributed by atoms with E-state index in [0.29, 0.717) is 34.8 Å². The van der Waals surface area contributed by atoms with Crippen molar-refractivity contribution in [3.8, 4) is 5.75 Å². The number of aliphatic hydroxyl groups is 1. The molecule has 1 aliphatic rings. The molecule has 4 amide bonds. The maximum Gasteiger partial charge on any atom is 0.321 e. The monoisotopic (exact) mass is 563 g/mol. The number of ether oxygens (including phenoxy) is 1. The number of halogens is 1. The SMILES string of the molecule is C[C@H]1CN([C@@H](C)CO)C(=O)Cc2cc(NC(=O)c3ccncc3)ccc2O[C@@H]1CN(C)C(=O)Nc1ccc(F)cc1. The van der Waals surface area contributed by atoms with Crippen molar-refractivity contribution in [2.24, 2.45) is 5.92 Å². The fourth-order valence-electron chi connectivity index (χ4n) is 4.54. The Balaban J connectivity index is 1.58. The number of urea groups is 1.